The lowest BCUT2D eigenvalue weighted by atomic mass is 10.1. The van der Waals surface area contributed by atoms with Crippen molar-refractivity contribution in [3.63, 3.8) is 0 Å². The fraction of sp³-hybridized carbons (Fsp3) is 0.444. The second kappa shape index (κ2) is 6.14. The monoisotopic (exact) mass is 253 g/mol. The van der Waals surface area contributed by atoms with Crippen LogP contribution in [-0.4, -0.2) is 24.8 Å². The van der Waals surface area contributed by atoms with Gasteiger partial charge in [0.05, 0.1) is 12.2 Å². The number of hydrogen-bond donors (Lipinski definition) is 3. The first kappa shape index (κ1) is 15.3. The third-order valence-corrected chi connectivity index (χ3v) is 1.73. The molecule has 0 radical (unpaired) electrons. The van der Waals surface area contributed by atoms with Crippen LogP contribution in [0.2, 0.25) is 0 Å². The molecule has 0 aliphatic heterocycles. The third-order valence-electron chi connectivity index (χ3n) is 1.73. The molecule has 0 aliphatic rings. The van der Waals surface area contributed by atoms with Crippen molar-refractivity contribution in [2.24, 2.45) is 17.2 Å². The molecule has 98 valence electrons. The lowest BCUT2D eigenvalue weighted by Crippen LogP contribution is -2.37. The number of alkyl halides is 3. The molecule has 0 aromatic heterocycles. The van der Waals surface area contributed by atoms with Crippen molar-refractivity contribution in [3.05, 3.63) is 23.5 Å². The second-order valence-electron chi connectivity index (χ2n) is 2.99. The highest BCUT2D eigenvalue weighted by molar-refractivity contribution is 5.79. The maximum atomic E-state index is 12.3. The van der Waals surface area contributed by atoms with Gasteiger partial charge >= 0.3 is 12.1 Å². The van der Waals surface area contributed by atoms with Crippen molar-refractivity contribution >= 4 is 5.97 Å². The van der Waals surface area contributed by atoms with E-state index in [2.05, 4.69) is 4.74 Å². The van der Waals surface area contributed by atoms with Gasteiger partial charge in [-0.05, 0) is 13.0 Å². The highest BCUT2D eigenvalue weighted by atomic mass is 19.4. The van der Waals surface area contributed by atoms with Gasteiger partial charge in [-0.1, -0.05) is 0 Å². The number of esters is 1. The maximum absolute atomic E-state index is 12.3. The molecular formula is C9H14F3N3O2. The van der Waals surface area contributed by atoms with Gasteiger partial charge in [-0.15, -0.1) is 0 Å². The Labute approximate surface area is 96.1 Å². The molecule has 0 aliphatic carbocycles. The van der Waals surface area contributed by atoms with Gasteiger partial charge in [-0.3, -0.25) is 0 Å². The number of rotatable bonds is 4. The Bertz CT molecular complexity index is 337. The van der Waals surface area contributed by atoms with Crippen LogP contribution in [0.15, 0.2) is 23.5 Å². The molecule has 6 N–H and O–H groups in total. The molecule has 0 spiro atoms. The quantitative estimate of drug-likeness (QED) is 0.487. The Morgan fingerprint density at radius 1 is 1.47 bits per heavy atom. The van der Waals surface area contributed by atoms with Crippen LogP contribution in [0.25, 0.3) is 0 Å². The van der Waals surface area contributed by atoms with E-state index in [9.17, 15) is 18.0 Å². The Balaban J connectivity index is 4.91. The average Bonchev–Trinajstić information content (AvgIpc) is 2.23. The fourth-order valence-electron chi connectivity index (χ4n) is 0.862. The van der Waals surface area contributed by atoms with Gasteiger partial charge in [0.15, 0.2) is 0 Å². The van der Waals surface area contributed by atoms with Crippen LogP contribution >= 0.6 is 0 Å². The molecule has 8 heteroatoms. The summed E-state index contributed by atoms with van der Waals surface area (Å²) in [5.41, 5.74) is 13.7. The van der Waals surface area contributed by atoms with E-state index in [1.165, 1.54) is 6.92 Å². The minimum absolute atomic E-state index is 0.0542. The Hall–Kier alpha value is -1.70. The van der Waals surface area contributed by atoms with E-state index in [-0.39, 0.29) is 6.61 Å². The van der Waals surface area contributed by atoms with E-state index in [4.69, 9.17) is 17.2 Å². The normalized spacial score (nSPS) is 15.6. The smallest absolute Gasteiger partial charge is 0.417 e. The first-order valence-electron chi connectivity index (χ1n) is 4.62. The van der Waals surface area contributed by atoms with E-state index in [1.54, 1.807) is 0 Å². The van der Waals surface area contributed by atoms with Gasteiger partial charge in [0.2, 0.25) is 0 Å². The van der Waals surface area contributed by atoms with E-state index < -0.39 is 29.5 Å². The first-order chi connectivity index (χ1) is 7.73. The summed E-state index contributed by atoms with van der Waals surface area (Å²) < 4.78 is 41.4. The number of halogens is 3. The molecule has 0 saturated heterocycles. The van der Waals surface area contributed by atoms with E-state index in [1.807, 2.05) is 0 Å². The van der Waals surface area contributed by atoms with Crippen LogP contribution in [0.1, 0.15) is 6.92 Å². The Morgan fingerprint density at radius 2 is 2.00 bits per heavy atom. The van der Waals surface area contributed by atoms with E-state index in [0.29, 0.717) is 12.3 Å². The van der Waals surface area contributed by atoms with Gasteiger partial charge in [0.25, 0.3) is 0 Å². The summed E-state index contributed by atoms with van der Waals surface area (Å²) in [5, 5.41) is 0. The van der Waals surface area contributed by atoms with Crippen molar-refractivity contribution in [1.82, 2.24) is 0 Å². The number of ether oxygens (including phenoxy) is 1. The molecule has 0 aromatic carbocycles. The summed E-state index contributed by atoms with van der Waals surface area (Å²) in [7, 11) is 0. The number of carbonyl (C=O) groups is 1. The number of carbonyl (C=O) groups excluding carboxylic acids is 1. The predicted molar refractivity (Wildman–Crippen MR) is 55.2 cm³/mol. The third kappa shape index (κ3) is 4.77. The number of hydrogen-bond acceptors (Lipinski definition) is 5. The molecule has 1 atom stereocenters. The van der Waals surface area contributed by atoms with Gasteiger partial charge in [-0.25, -0.2) is 4.79 Å². The highest BCUT2D eigenvalue weighted by Gasteiger charge is 2.32. The number of allylic oxidation sites excluding steroid dienone is 2. The molecular weight excluding hydrogens is 239 g/mol. The summed E-state index contributed by atoms with van der Waals surface area (Å²) >= 11 is 0. The van der Waals surface area contributed by atoms with E-state index >= 15 is 0 Å². The molecule has 5 nitrogen and oxygen atoms in total. The summed E-state index contributed by atoms with van der Waals surface area (Å²) in [6.07, 6.45) is -3.82. The first-order valence-corrected chi connectivity index (χ1v) is 4.62. The van der Waals surface area contributed by atoms with Gasteiger partial charge in [0, 0.05) is 11.9 Å². The standard InChI is InChI=1S/C9H14F3N3O2/c1-2-17-8(16)7(15)6(14)3-5(4-13)9(10,11)12/h3-4,7H,2,13-15H2,1H3/b5-4+,6-3-. The van der Waals surface area contributed by atoms with Crippen molar-refractivity contribution in [2.45, 2.75) is 19.1 Å². The zero-order valence-corrected chi connectivity index (χ0v) is 9.12. The van der Waals surface area contributed by atoms with Gasteiger partial charge in [0.1, 0.15) is 6.04 Å². The Morgan fingerprint density at radius 3 is 2.35 bits per heavy atom. The lowest BCUT2D eigenvalue weighted by molar-refractivity contribution is -0.143. The fourth-order valence-corrected chi connectivity index (χ4v) is 0.862. The molecule has 0 amide bonds. The zero-order chi connectivity index (χ0) is 13.6. The molecule has 0 aromatic rings. The molecule has 0 heterocycles. The van der Waals surface area contributed by atoms with Crippen molar-refractivity contribution in [1.29, 1.82) is 0 Å². The van der Waals surface area contributed by atoms with Gasteiger partial charge < -0.3 is 21.9 Å². The molecule has 1 unspecified atom stereocenters. The summed E-state index contributed by atoms with van der Waals surface area (Å²) in [6.45, 7) is 1.59. The van der Waals surface area contributed by atoms with Crippen molar-refractivity contribution in [2.75, 3.05) is 6.61 Å². The summed E-state index contributed by atoms with van der Waals surface area (Å²) in [6, 6.07) is -1.45. The lowest BCUT2D eigenvalue weighted by Gasteiger charge is -2.13. The minimum atomic E-state index is -4.66. The molecule has 0 bridgehead atoms. The van der Waals surface area contributed by atoms with Gasteiger partial charge in [-0.2, -0.15) is 13.2 Å². The van der Waals surface area contributed by atoms with Crippen molar-refractivity contribution < 1.29 is 22.7 Å². The van der Waals surface area contributed by atoms with E-state index in [0.717, 1.165) is 0 Å². The molecule has 0 fully saturated rings. The SMILES string of the molecule is CCOC(=O)C(N)/C(N)=C/C(=C\N)C(F)(F)F. The Kier molecular flexibility index (Phi) is 5.52. The van der Waals surface area contributed by atoms with Crippen LogP contribution in [0.5, 0.6) is 0 Å². The van der Waals surface area contributed by atoms with Crippen LogP contribution < -0.4 is 17.2 Å². The van der Waals surface area contributed by atoms with Crippen molar-refractivity contribution in [3.8, 4) is 0 Å². The maximum Gasteiger partial charge on any atom is 0.417 e. The minimum Gasteiger partial charge on any atom is -0.465 e. The van der Waals surface area contributed by atoms with Crippen LogP contribution in [0.4, 0.5) is 13.2 Å². The largest absolute Gasteiger partial charge is 0.465 e. The average molecular weight is 253 g/mol. The predicted octanol–water partition coefficient (Wildman–Crippen LogP) is 0.124. The van der Waals surface area contributed by atoms with Crippen LogP contribution in [-0.2, 0) is 9.53 Å². The van der Waals surface area contributed by atoms with Crippen LogP contribution in [0, 0.1) is 0 Å². The molecule has 0 saturated carbocycles. The second-order valence-corrected chi connectivity index (χ2v) is 2.99. The highest BCUT2D eigenvalue weighted by Crippen LogP contribution is 2.26. The molecule has 0 rings (SSSR count). The summed E-state index contributed by atoms with van der Waals surface area (Å²) in [4.78, 5) is 11.1. The number of nitrogens with two attached hydrogens (primary N) is 3. The molecule has 17 heavy (non-hydrogen) atoms. The topological polar surface area (TPSA) is 104 Å². The summed E-state index contributed by atoms with van der Waals surface area (Å²) in [5.74, 6) is -0.903. The zero-order valence-electron chi connectivity index (χ0n) is 9.12. The van der Waals surface area contributed by atoms with Crippen LogP contribution in [0.3, 0.4) is 0 Å².